The summed E-state index contributed by atoms with van der Waals surface area (Å²) >= 11 is 1.13. The topological polar surface area (TPSA) is 185 Å². The van der Waals surface area contributed by atoms with E-state index in [1.54, 1.807) is 36.4 Å². The number of nitro groups is 1. The van der Waals surface area contributed by atoms with Crippen molar-refractivity contribution in [3.8, 4) is 23.0 Å². The van der Waals surface area contributed by atoms with E-state index in [-0.39, 0.29) is 41.2 Å². The van der Waals surface area contributed by atoms with Gasteiger partial charge in [0.05, 0.1) is 35.8 Å². The molecule has 5 rings (SSSR count). The second kappa shape index (κ2) is 13.7. The summed E-state index contributed by atoms with van der Waals surface area (Å²) in [7, 11) is 1.28. The van der Waals surface area contributed by atoms with Gasteiger partial charge in [-0.3, -0.25) is 10.1 Å². The second-order valence-corrected chi connectivity index (χ2v) is 10.1. The molecule has 0 aliphatic rings. The van der Waals surface area contributed by atoms with Crippen molar-refractivity contribution in [1.29, 1.82) is 0 Å². The van der Waals surface area contributed by atoms with Gasteiger partial charge in [0.25, 0.3) is 0 Å². The van der Waals surface area contributed by atoms with Crippen LogP contribution in [-0.4, -0.2) is 61.8 Å². The Labute approximate surface area is 253 Å². The summed E-state index contributed by atoms with van der Waals surface area (Å²) in [5, 5.41) is 45.8. The maximum atomic E-state index is 11.9. The summed E-state index contributed by atoms with van der Waals surface area (Å²) in [5.74, 6) is 0.597. The number of aromatic nitrogens is 3. The highest BCUT2D eigenvalue weighted by atomic mass is 32.2. The van der Waals surface area contributed by atoms with Crippen LogP contribution in [0.15, 0.2) is 92.3 Å². The third-order valence-corrected chi connectivity index (χ3v) is 7.12. The number of hydrogen-bond acceptors (Lipinski definition) is 13. The predicted octanol–water partition coefficient (Wildman–Crippen LogP) is 4.00. The smallest absolute Gasteiger partial charge is 0.339 e. The number of aliphatic hydroxyl groups is 1. The zero-order chi connectivity index (χ0) is 31.1. The average molecular weight is 620 g/mol. The van der Waals surface area contributed by atoms with E-state index in [2.05, 4.69) is 15.3 Å². The molecule has 3 aromatic carbocycles. The molecule has 0 fully saturated rings. The standard InChI is InChI=1S/C29H25N5O9S/c1-40-25-12-18(11-22(28(25)37)34(38)39)14-30-33-26(16-41-20-7-3-2-4-8-20)31-32-29(33)44-17-19(35)15-42-24-13-27(36)43-23-10-6-5-9-21(23)24/h2-14,19,35,37H,15-17H2,1H3/b30-14+. The van der Waals surface area contributed by atoms with Crippen LogP contribution in [0.5, 0.6) is 23.0 Å². The molecule has 0 saturated heterocycles. The minimum Gasteiger partial charge on any atom is -0.500 e. The lowest BCUT2D eigenvalue weighted by molar-refractivity contribution is -0.386. The first-order valence-corrected chi connectivity index (χ1v) is 14.0. The molecule has 15 heteroatoms. The normalized spacial score (nSPS) is 12.0. The van der Waals surface area contributed by atoms with Crippen molar-refractivity contribution in [2.45, 2.75) is 17.9 Å². The summed E-state index contributed by atoms with van der Waals surface area (Å²) in [6.45, 7) is -0.137. The zero-order valence-electron chi connectivity index (χ0n) is 23.1. The van der Waals surface area contributed by atoms with E-state index in [1.807, 2.05) is 18.2 Å². The van der Waals surface area contributed by atoms with Crippen molar-refractivity contribution in [3.05, 3.63) is 105 Å². The van der Waals surface area contributed by atoms with Gasteiger partial charge in [0.15, 0.2) is 11.6 Å². The van der Waals surface area contributed by atoms with E-state index in [4.69, 9.17) is 18.6 Å². The van der Waals surface area contributed by atoms with Gasteiger partial charge in [-0.2, -0.15) is 9.78 Å². The summed E-state index contributed by atoms with van der Waals surface area (Å²) in [6.07, 6.45) is 0.341. The number of nitro benzene ring substituents is 1. The highest BCUT2D eigenvalue weighted by Gasteiger charge is 2.20. The first kappa shape index (κ1) is 30.1. The minimum absolute atomic E-state index is 0.0106. The zero-order valence-corrected chi connectivity index (χ0v) is 23.9. The SMILES string of the molecule is COc1cc(/C=N/n2c(COc3ccccc3)nnc2SCC(O)COc2cc(=O)oc3ccccc23)cc([N+](=O)[O-])c1O. The Bertz CT molecular complexity index is 1860. The molecular weight excluding hydrogens is 594 g/mol. The van der Waals surface area contributed by atoms with Crippen LogP contribution in [0.2, 0.25) is 0 Å². The number of methoxy groups -OCH3 is 1. The van der Waals surface area contributed by atoms with Crippen molar-refractivity contribution >= 4 is 34.6 Å². The Balaban J connectivity index is 1.34. The van der Waals surface area contributed by atoms with Crippen molar-refractivity contribution in [2.75, 3.05) is 19.5 Å². The van der Waals surface area contributed by atoms with Crippen LogP contribution in [0.25, 0.3) is 11.0 Å². The van der Waals surface area contributed by atoms with E-state index in [1.165, 1.54) is 30.1 Å². The van der Waals surface area contributed by atoms with Gasteiger partial charge in [0.1, 0.15) is 30.3 Å². The Morgan fingerprint density at radius 2 is 1.86 bits per heavy atom. The summed E-state index contributed by atoms with van der Waals surface area (Å²) < 4.78 is 23.2. The Hall–Kier alpha value is -5.41. The lowest BCUT2D eigenvalue weighted by Gasteiger charge is -2.13. The van der Waals surface area contributed by atoms with E-state index < -0.39 is 28.1 Å². The third kappa shape index (κ3) is 7.14. The summed E-state index contributed by atoms with van der Waals surface area (Å²) in [5.41, 5.74) is -0.496. The highest BCUT2D eigenvalue weighted by molar-refractivity contribution is 7.99. The number of fused-ring (bicyclic) bond motifs is 1. The van der Waals surface area contributed by atoms with Gasteiger partial charge in [0.2, 0.25) is 10.9 Å². The number of phenolic OH excluding ortho intramolecular Hbond substituents is 1. The van der Waals surface area contributed by atoms with Crippen LogP contribution < -0.4 is 19.8 Å². The monoisotopic (exact) mass is 619 g/mol. The molecule has 0 radical (unpaired) electrons. The van der Waals surface area contributed by atoms with Crippen LogP contribution >= 0.6 is 11.8 Å². The van der Waals surface area contributed by atoms with Crippen molar-refractivity contribution in [3.63, 3.8) is 0 Å². The van der Waals surface area contributed by atoms with Gasteiger partial charge in [-0.15, -0.1) is 10.2 Å². The van der Waals surface area contributed by atoms with Crippen LogP contribution in [0.1, 0.15) is 11.4 Å². The molecule has 44 heavy (non-hydrogen) atoms. The number of hydrogen-bond donors (Lipinski definition) is 2. The average Bonchev–Trinajstić information content (AvgIpc) is 3.42. The molecular formula is C29H25N5O9S. The molecule has 2 heterocycles. The molecule has 5 aromatic rings. The molecule has 0 amide bonds. The third-order valence-electron chi connectivity index (χ3n) is 6.05. The van der Waals surface area contributed by atoms with Gasteiger partial charge >= 0.3 is 11.3 Å². The Kier molecular flexibility index (Phi) is 9.37. The Morgan fingerprint density at radius 3 is 2.64 bits per heavy atom. The molecule has 14 nitrogen and oxygen atoms in total. The second-order valence-electron chi connectivity index (χ2n) is 9.11. The molecule has 2 N–H and O–H groups in total. The predicted molar refractivity (Wildman–Crippen MR) is 160 cm³/mol. The first-order valence-electron chi connectivity index (χ1n) is 13.0. The lowest BCUT2D eigenvalue weighted by Crippen LogP contribution is -2.21. The molecule has 2 aromatic heterocycles. The number of aromatic hydroxyl groups is 1. The van der Waals surface area contributed by atoms with Crippen molar-refractivity contribution in [1.82, 2.24) is 14.9 Å². The molecule has 0 aliphatic heterocycles. The summed E-state index contributed by atoms with van der Waals surface area (Å²) in [6, 6.07) is 19.7. The highest BCUT2D eigenvalue weighted by Crippen LogP contribution is 2.36. The van der Waals surface area contributed by atoms with Gasteiger partial charge in [-0.1, -0.05) is 42.1 Å². The number of ether oxygens (including phenoxy) is 3. The molecule has 0 bridgehead atoms. The van der Waals surface area contributed by atoms with E-state index in [0.29, 0.717) is 22.5 Å². The fourth-order valence-corrected chi connectivity index (χ4v) is 4.78. The number of thioether (sulfide) groups is 1. The van der Waals surface area contributed by atoms with Crippen molar-refractivity contribution in [2.24, 2.45) is 5.10 Å². The van der Waals surface area contributed by atoms with Gasteiger partial charge in [-0.25, -0.2) is 4.79 Å². The first-order chi connectivity index (χ1) is 21.3. The molecule has 0 spiro atoms. The molecule has 0 aliphatic carbocycles. The minimum atomic E-state index is -0.979. The largest absolute Gasteiger partial charge is 0.500 e. The van der Waals surface area contributed by atoms with Crippen LogP contribution in [0, 0.1) is 10.1 Å². The molecule has 226 valence electrons. The fraction of sp³-hybridized carbons (Fsp3) is 0.172. The van der Waals surface area contributed by atoms with Gasteiger partial charge < -0.3 is 28.8 Å². The number of nitrogens with zero attached hydrogens (tertiary/aromatic N) is 5. The van der Waals surface area contributed by atoms with Crippen LogP contribution in [0.3, 0.4) is 0 Å². The lowest BCUT2D eigenvalue weighted by atomic mass is 10.2. The summed E-state index contributed by atoms with van der Waals surface area (Å²) in [4.78, 5) is 22.6. The van der Waals surface area contributed by atoms with Crippen LogP contribution in [0.4, 0.5) is 5.69 Å². The number of rotatable bonds is 13. The maximum absolute atomic E-state index is 11.9. The molecule has 1 unspecified atom stereocenters. The van der Waals surface area contributed by atoms with E-state index in [9.17, 15) is 25.1 Å². The fourth-order valence-electron chi connectivity index (χ4n) is 3.97. The van der Waals surface area contributed by atoms with Crippen molar-refractivity contribution < 1.29 is 33.8 Å². The molecule has 0 saturated carbocycles. The quantitative estimate of drug-likeness (QED) is 0.0636. The number of benzene rings is 3. The number of para-hydroxylation sites is 2. The number of phenols is 1. The Morgan fingerprint density at radius 1 is 1.09 bits per heavy atom. The number of aliphatic hydroxyl groups excluding tert-OH is 1. The molecule has 1 atom stereocenters. The van der Waals surface area contributed by atoms with Gasteiger partial charge in [0, 0.05) is 17.4 Å². The van der Waals surface area contributed by atoms with E-state index >= 15 is 0 Å². The maximum Gasteiger partial charge on any atom is 0.339 e. The van der Waals surface area contributed by atoms with Gasteiger partial charge in [-0.05, 0) is 30.3 Å². The van der Waals surface area contributed by atoms with E-state index in [0.717, 1.165) is 17.8 Å². The van der Waals surface area contributed by atoms with Crippen LogP contribution in [-0.2, 0) is 6.61 Å².